The number of alkyl halides is 3. The first kappa shape index (κ1) is 25.1. The predicted octanol–water partition coefficient (Wildman–Crippen LogP) is 5.99. The number of halogens is 4. The minimum Gasteiger partial charge on any atom is -0.505 e. The van der Waals surface area contributed by atoms with E-state index in [9.17, 15) is 37.4 Å². The average Bonchev–Trinajstić information content (AvgIpc) is 2.95. The summed E-state index contributed by atoms with van der Waals surface area (Å²) in [5.41, 5.74) is 0.0563. The standard InChI is InChI=1S/C24H23F4NO5/c1-12-20(16(22(32)33)11-23(2,3)4)15-9-19(30)17(25)10-18(15)29(12)21(31)13-5-7-14(8-6-13)34-24(26,27)28/h5-10,16,30H,11H2,1-4H3,(H,32,33)/t16-/m0/s1. The highest BCUT2D eigenvalue weighted by atomic mass is 19.4. The van der Waals surface area contributed by atoms with Crippen molar-refractivity contribution < 1.29 is 42.1 Å². The van der Waals surface area contributed by atoms with Crippen molar-refractivity contribution >= 4 is 22.8 Å². The van der Waals surface area contributed by atoms with Crippen LogP contribution in [0.4, 0.5) is 17.6 Å². The molecule has 0 aliphatic heterocycles. The molecular formula is C24H23F4NO5. The van der Waals surface area contributed by atoms with E-state index in [0.29, 0.717) is 0 Å². The lowest BCUT2D eigenvalue weighted by molar-refractivity contribution is -0.274. The fourth-order valence-corrected chi connectivity index (χ4v) is 4.00. The largest absolute Gasteiger partial charge is 0.573 e. The zero-order chi connectivity index (χ0) is 25.6. The van der Waals surface area contributed by atoms with E-state index in [-0.39, 0.29) is 34.1 Å². The second-order valence-electron chi connectivity index (χ2n) is 9.19. The second-order valence-corrected chi connectivity index (χ2v) is 9.19. The Morgan fingerprint density at radius 2 is 1.68 bits per heavy atom. The third-order valence-corrected chi connectivity index (χ3v) is 5.32. The zero-order valence-electron chi connectivity index (χ0n) is 18.8. The van der Waals surface area contributed by atoms with E-state index in [0.717, 1.165) is 41.0 Å². The smallest absolute Gasteiger partial charge is 0.505 e. The Morgan fingerprint density at radius 3 is 2.18 bits per heavy atom. The summed E-state index contributed by atoms with van der Waals surface area (Å²) in [6, 6.07) is 6.18. The third kappa shape index (κ3) is 5.16. The number of aromatic hydroxyl groups is 1. The highest BCUT2D eigenvalue weighted by Gasteiger charge is 2.34. The van der Waals surface area contributed by atoms with E-state index in [2.05, 4.69) is 4.74 Å². The van der Waals surface area contributed by atoms with Gasteiger partial charge in [0.2, 0.25) is 0 Å². The van der Waals surface area contributed by atoms with E-state index in [1.807, 2.05) is 20.8 Å². The van der Waals surface area contributed by atoms with E-state index in [4.69, 9.17) is 0 Å². The van der Waals surface area contributed by atoms with Gasteiger partial charge in [0.15, 0.2) is 11.6 Å². The van der Waals surface area contributed by atoms with Crippen LogP contribution >= 0.6 is 0 Å². The summed E-state index contributed by atoms with van der Waals surface area (Å²) >= 11 is 0. The molecule has 0 saturated heterocycles. The number of nitrogens with zero attached hydrogens (tertiary/aromatic N) is 1. The minimum atomic E-state index is -4.90. The number of fused-ring (bicyclic) bond motifs is 1. The number of ether oxygens (including phenoxy) is 1. The van der Waals surface area contributed by atoms with Crippen molar-refractivity contribution in [3.05, 3.63) is 59.0 Å². The van der Waals surface area contributed by atoms with Gasteiger partial charge in [0.05, 0.1) is 11.4 Å². The number of carbonyl (C=O) groups excluding carboxylic acids is 1. The van der Waals surface area contributed by atoms with Gasteiger partial charge >= 0.3 is 12.3 Å². The lowest BCUT2D eigenvalue weighted by atomic mass is 9.80. The highest BCUT2D eigenvalue weighted by molar-refractivity contribution is 6.05. The number of aliphatic carboxylic acids is 1. The van der Waals surface area contributed by atoms with Crippen LogP contribution in [0, 0.1) is 18.2 Å². The van der Waals surface area contributed by atoms with Crippen LogP contribution < -0.4 is 4.74 Å². The fraction of sp³-hybridized carbons (Fsp3) is 0.333. The molecule has 0 saturated carbocycles. The molecule has 10 heteroatoms. The molecule has 0 spiro atoms. The molecule has 1 aromatic heterocycles. The van der Waals surface area contributed by atoms with Crippen molar-refractivity contribution in [1.82, 2.24) is 4.57 Å². The SMILES string of the molecule is Cc1c([C@H](CC(C)(C)C)C(=O)O)c2cc(O)c(F)cc2n1C(=O)c1ccc(OC(F)(F)F)cc1. The Kier molecular flexibility index (Phi) is 6.38. The molecule has 0 bridgehead atoms. The molecule has 2 aromatic carbocycles. The van der Waals surface area contributed by atoms with Crippen molar-refractivity contribution in [3.63, 3.8) is 0 Å². The molecule has 1 atom stereocenters. The Hall–Kier alpha value is -3.56. The molecule has 182 valence electrons. The Morgan fingerprint density at radius 1 is 1.09 bits per heavy atom. The number of carbonyl (C=O) groups is 2. The average molecular weight is 481 g/mol. The molecule has 0 unspecified atom stereocenters. The van der Waals surface area contributed by atoms with E-state index in [1.54, 1.807) is 0 Å². The first-order valence-electron chi connectivity index (χ1n) is 10.3. The molecule has 0 fully saturated rings. The number of aromatic nitrogens is 1. The Labute approximate surface area is 192 Å². The number of carboxylic acid groups (broad SMARTS) is 1. The van der Waals surface area contributed by atoms with Crippen molar-refractivity contribution in [2.45, 2.75) is 46.4 Å². The van der Waals surface area contributed by atoms with Crippen molar-refractivity contribution in [2.24, 2.45) is 5.41 Å². The van der Waals surface area contributed by atoms with Crippen LogP contribution in [-0.2, 0) is 4.79 Å². The fourth-order valence-electron chi connectivity index (χ4n) is 4.00. The normalized spacial score (nSPS) is 13.2. The van der Waals surface area contributed by atoms with Crippen molar-refractivity contribution in [1.29, 1.82) is 0 Å². The van der Waals surface area contributed by atoms with Gasteiger partial charge < -0.3 is 14.9 Å². The first-order valence-corrected chi connectivity index (χ1v) is 10.3. The first-order chi connectivity index (χ1) is 15.6. The topological polar surface area (TPSA) is 88.8 Å². The number of phenolic OH excluding ortho intramolecular Hbond substituents is 1. The Balaban J connectivity index is 2.20. The summed E-state index contributed by atoms with van der Waals surface area (Å²) in [6.07, 6.45) is -4.70. The van der Waals surface area contributed by atoms with Crippen LogP contribution in [0.15, 0.2) is 36.4 Å². The monoisotopic (exact) mass is 481 g/mol. The van der Waals surface area contributed by atoms with Crippen LogP contribution in [-0.4, -0.2) is 33.0 Å². The van der Waals surface area contributed by atoms with E-state index < -0.39 is 46.9 Å². The van der Waals surface area contributed by atoms with Gasteiger partial charge in [-0.3, -0.25) is 14.2 Å². The summed E-state index contributed by atoms with van der Waals surface area (Å²) < 4.78 is 56.5. The molecule has 6 nitrogen and oxygen atoms in total. The van der Waals surface area contributed by atoms with Crippen LogP contribution in [0.5, 0.6) is 11.5 Å². The van der Waals surface area contributed by atoms with E-state index >= 15 is 0 Å². The molecule has 2 N–H and O–H groups in total. The summed E-state index contributed by atoms with van der Waals surface area (Å²) in [6.45, 7) is 7.06. The maximum Gasteiger partial charge on any atom is 0.573 e. The van der Waals surface area contributed by atoms with Crippen LogP contribution in [0.25, 0.3) is 10.9 Å². The minimum absolute atomic E-state index is 0.0303. The summed E-state index contributed by atoms with van der Waals surface area (Å²) in [4.78, 5) is 25.5. The third-order valence-electron chi connectivity index (χ3n) is 5.32. The number of phenols is 1. The van der Waals surface area contributed by atoms with Crippen LogP contribution in [0.2, 0.25) is 0 Å². The molecule has 0 aliphatic carbocycles. The molecule has 0 radical (unpaired) electrons. The predicted molar refractivity (Wildman–Crippen MR) is 116 cm³/mol. The number of hydrogen-bond donors (Lipinski definition) is 2. The molecule has 3 aromatic rings. The lowest BCUT2D eigenvalue weighted by Crippen LogP contribution is -2.21. The van der Waals surface area contributed by atoms with Gasteiger partial charge in [0.1, 0.15) is 5.75 Å². The molecular weight excluding hydrogens is 458 g/mol. The van der Waals surface area contributed by atoms with E-state index in [1.165, 1.54) is 6.92 Å². The van der Waals surface area contributed by atoms with Gasteiger partial charge in [-0.25, -0.2) is 4.39 Å². The van der Waals surface area contributed by atoms with Crippen molar-refractivity contribution in [3.8, 4) is 11.5 Å². The second kappa shape index (κ2) is 8.66. The van der Waals surface area contributed by atoms with Gasteiger partial charge in [-0.2, -0.15) is 0 Å². The van der Waals surface area contributed by atoms with Crippen molar-refractivity contribution in [2.75, 3.05) is 0 Å². The lowest BCUT2D eigenvalue weighted by Gasteiger charge is -2.24. The number of hydrogen-bond acceptors (Lipinski definition) is 4. The Bertz CT molecular complexity index is 1250. The molecule has 0 aliphatic rings. The zero-order valence-corrected chi connectivity index (χ0v) is 18.8. The molecule has 3 rings (SSSR count). The van der Waals surface area contributed by atoms with Crippen LogP contribution in [0.1, 0.15) is 54.7 Å². The van der Waals surface area contributed by atoms with Gasteiger partial charge in [-0.05, 0) is 54.7 Å². The number of benzene rings is 2. The van der Waals surface area contributed by atoms with Gasteiger partial charge in [-0.15, -0.1) is 13.2 Å². The molecule has 0 amide bonds. The number of rotatable bonds is 5. The highest BCUT2D eigenvalue weighted by Crippen LogP contribution is 2.40. The summed E-state index contributed by atoms with van der Waals surface area (Å²) in [5.74, 6) is -5.16. The molecule has 34 heavy (non-hydrogen) atoms. The van der Waals surface area contributed by atoms with Gasteiger partial charge in [-0.1, -0.05) is 20.8 Å². The van der Waals surface area contributed by atoms with Crippen LogP contribution in [0.3, 0.4) is 0 Å². The molecule has 1 heterocycles. The summed E-state index contributed by atoms with van der Waals surface area (Å²) in [5, 5.41) is 20.1. The van der Waals surface area contributed by atoms with Gasteiger partial charge in [0.25, 0.3) is 5.91 Å². The van der Waals surface area contributed by atoms with Gasteiger partial charge in [0, 0.05) is 22.7 Å². The number of carboxylic acids is 1. The summed E-state index contributed by atoms with van der Waals surface area (Å²) in [7, 11) is 0. The maximum absolute atomic E-state index is 14.3. The quantitative estimate of drug-likeness (QED) is 0.438. The maximum atomic E-state index is 14.3.